The van der Waals surface area contributed by atoms with Gasteiger partial charge in [0, 0.05) is 25.7 Å². The van der Waals surface area contributed by atoms with Gasteiger partial charge in [0.25, 0.3) is 5.56 Å². The normalized spacial score (nSPS) is 15.6. The molecule has 1 atom stereocenters. The molecular formula is C27H25N7O. The summed E-state index contributed by atoms with van der Waals surface area (Å²) in [6.07, 6.45) is 3.32. The van der Waals surface area contributed by atoms with Gasteiger partial charge >= 0.3 is 0 Å². The van der Waals surface area contributed by atoms with Gasteiger partial charge in [-0.3, -0.25) is 9.36 Å². The Morgan fingerprint density at radius 3 is 2.54 bits per heavy atom. The molecule has 1 aliphatic heterocycles. The van der Waals surface area contributed by atoms with E-state index >= 15 is 0 Å². The SMILES string of the molecule is N#Cc1ccccc1Cn1cnc2c(C#N)c(N3CCCC(N)C3)n(Cc3ccccc3)c2c1=O. The minimum atomic E-state index is -0.247. The van der Waals surface area contributed by atoms with Crippen LogP contribution >= 0.6 is 0 Å². The Morgan fingerprint density at radius 1 is 1.03 bits per heavy atom. The quantitative estimate of drug-likeness (QED) is 0.486. The van der Waals surface area contributed by atoms with Gasteiger partial charge in [-0.05, 0) is 30.0 Å². The number of nitrogens with two attached hydrogens (primary N) is 1. The van der Waals surface area contributed by atoms with Crippen molar-refractivity contribution in [1.82, 2.24) is 14.1 Å². The van der Waals surface area contributed by atoms with Crippen LogP contribution < -0.4 is 16.2 Å². The standard InChI is InChI=1S/C27H25N7O/c28-13-20-9-4-5-10-21(20)16-33-18-31-24-23(14-29)26(32-12-6-11-22(30)17-32)34(25(24)27(33)35)15-19-7-2-1-3-8-19/h1-5,7-10,18,22H,6,11-12,15-17,30H2. The molecule has 1 aliphatic rings. The number of anilines is 1. The van der Waals surface area contributed by atoms with Gasteiger partial charge in [0.2, 0.25) is 0 Å². The average molecular weight is 464 g/mol. The number of piperidine rings is 1. The molecule has 3 heterocycles. The number of aromatic nitrogens is 3. The summed E-state index contributed by atoms with van der Waals surface area (Å²) in [4.78, 5) is 20.5. The molecule has 8 heteroatoms. The Balaban J connectivity index is 1.72. The van der Waals surface area contributed by atoms with Gasteiger partial charge in [-0.2, -0.15) is 10.5 Å². The Morgan fingerprint density at radius 2 is 1.80 bits per heavy atom. The van der Waals surface area contributed by atoms with Crippen molar-refractivity contribution in [2.24, 2.45) is 5.73 Å². The van der Waals surface area contributed by atoms with Gasteiger partial charge in [-0.15, -0.1) is 0 Å². The first-order chi connectivity index (χ1) is 17.1. The zero-order valence-electron chi connectivity index (χ0n) is 19.3. The maximum Gasteiger partial charge on any atom is 0.278 e. The number of fused-ring (bicyclic) bond motifs is 1. The molecule has 1 unspecified atom stereocenters. The van der Waals surface area contributed by atoms with E-state index in [4.69, 9.17) is 5.73 Å². The number of nitrogens with zero attached hydrogens (tertiary/aromatic N) is 6. The molecule has 174 valence electrons. The van der Waals surface area contributed by atoms with Gasteiger partial charge in [-0.1, -0.05) is 48.5 Å². The van der Waals surface area contributed by atoms with Crippen molar-refractivity contribution in [1.29, 1.82) is 10.5 Å². The largest absolute Gasteiger partial charge is 0.355 e. The summed E-state index contributed by atoms with van der Waals surface area (Å²) in [5, 5.41) is 19.6. The summed E-state index contributed by atoms with van der Waals surface area (Å²) in [5.41, 5.74) is 9.47. The predicted molar refractivity (Wildman–Crippen MR) is 134 cm³/mol. The molecule has 0 aliphatic carbocycles. The van der Waals surface area contributed by atoms with E-state index in [9.17, 15) is 15.3 Å². The van der Waals surface area contributed by atoms with Crippen molar-refractivity contribution in [3.8, 4) is 12.1 Å². The van der Waals surface area contributed by atoms with Crippen LogP contribution in [0.25, 0.3) is 11.0 Å². The van der Waals surface area contributed by atoms with Crippen LogP contribution in [0.1, 0.15) is 35.1 Å². The first-order valence-corrected chi connectivity index (χ1v) is 11.6. The molecule has 35 heavy (non-hydrogen) atoms. The van der Waals surface area contributed by atoms with Gasteiger partial charge in [0.15, 0.2) is 0 Å². The molecule has 4 aromatic rings. The second-order valence-electron chi connectivity index (χ2n) is 8.87. The monoisotopic (exact) mass is 463 g/mol. The third-order valence-electron chi connectivity index (χ3n) is 6.53. The van der Waals surface area contributed by atoms with Gasteiger partial charge < -0.3 is 15.2 Å². The third kappa shape index (κ3) is 4.16. The Kier molecular flexibility index (Phi) is 6.05. The lowest BCUT2D eigenvalue weighted by molar-refractivity contribution is 0.498. The second kappa shape index (κ2) is 9.46. The molecule has 0 saturated carbocycles. The van der Waals surface area contributed by atoms with E-state index < -0.39 is 0 Å². The van der Waals surface area contributed by atoms with E-state index in [1.807, 2.05) is 47.0 Å². The third-order valence-corrected chi connectivity index (χ3v) is 6.53. The van der Waals surface area contributed by atoms with Gasteiger partial charge in [-0.25, -0.2) is 4.98 Å². The van der Waals surface area contributed by atoms with Crippen molar-refractivity contribution in [3.05, 3.63) is 93.5 Å². The minimum Gasteiger partial charge on any atom is -0.355 e. The first kappa shape index (κ1) is 22.4. The summed E-state index contributed by atoms with van der Waals surface area (Å²) in [6.45, 7) is 2.02. The van der Waals surface area contributed by atoms with Crippen molar-refractivity contribution in [2.45, 2.75) is 32.0 Å². The highest BCUT2D eigenvalue weighted by Gasteiger charge is 2.28. The molecule has 1 saturated heterocycles. The van der Waals surface area contributed by atoms with Crippen LogP contribution in [0.4, 0.5) is 5.82 Å². The lowest BCUT2D eigenvalue weighted by Gasteiger charge is -2.33. The fourth-order valence-corrected chi connectivity index (χ4v) is 4.87. The molecule has 0 bridgehead atoms. The zero-order valence-corrected chi connectivity index (χ0v) is 19.3. The van der Waals surface area contributed by atoms with E-state index in [1.54, 1.807) is 12.1 Å². The maximum atomic E-state index is 13.8. The predicted octanol–water partition coefficient (Wildman–Crippen LogP) is 2.97. The molecule has 8 nitrogen and oxygen atoms in total. The zero-order chi connectivity index (χ0) is 24.4. The maximum absolute atomic E-state index is 13.8. The average Bonchev–Trinajstić information content (AvgIpc) is 3.20. The molecule has 1 fully saturated rings. The van der Waals surface area contributed by atoms with Crippen LogP contribution in [0.2, 0.25) is 0 Å². The van der Waals surface area contributed by atoms with Crippen molar-refractivity contribution >= 4 is 16.9 Å². The molecule has 0 radical (unpaired) electrons. The molecular weight excluding hydrogens is 438 g/mol. The fourth-order valence-electron chi connectivity index (χ4n) is 4.87. The number of hydrogen-bond acceptors (Lipinski definition) is 6. The van der Waals surface area contributed by atoms with Crippen LogP contribution in [-0.4, -0.2) is 33.2 Å². The van der Waals surface area contributed by atoms with Crippen LogP contribution in [0.5, 0.6) is 0 Å². The van der Waals surface area contributed by atoms with Crippen LogP contribution in [0.15, 0.2) is 65.7 Å². The van der Waals surface area contributed by atoms with E-state index in [0.29, 0.717) is 41.1 Å². The summed E-state index contributed by atoms with van der Waals surface area (Å²) in [5.74, 6) is 0.696. The summed E-state index contributed by atoms with van der Waals surface area (Å²) in [7, 11) is 0. The molecule has 2 N–H and O–H groups in total. The Hall–Kier alpha value is -4.40. The summed E-state index contributed by atoms with van der Waals surface area (Å²) in [6, 6.07) is 21.6. The Labute approximate surface area is 203 Å². The highest BCUT2D eigenvalue weighted by Crippen LogP contribution is 2.32. The van der Waals surface area contributed by atoms with Gasteiger partial charge in [0.05, 0.1) is 24.5 Å². The summed E-state index contributed by atoms with van der Waals surface area (Å²) >= 11 is 0. The van der Waals surface area contributed by atoms with Crippen LogP contribution in [0.3, 0.4) is 0 Å². The molecule has 2 aromatic heterocycles. The number of nitriles is 2. The first-order valence-electron chi connectivity index (χ1n) is 11.6. The van der Waals surface area contributed by atoms with Crippen molar-refractivity contribution in [3.63, 3.8) is 0 Å². The summed E-state index contributed by atoms with van der Waals surface area (Å²) < 4.78 is 3.43. The van der Waals surface area contributed by atoms with Crippen LogP contribution in [0, 0.1) is 22.7 Å². The lowest BCUT2D eigenvalue weighted by atomic mass is 10.1. The Bertz CT molecular complexity index is 1520. The highest BCUT2D eigenvalue weighted by atomic mass is 16.1. The van der Waals surface area contributed by atoms with Crippen LogP contribution in [-0.2, 0) is 13.1 Å². The van der Waals surface area contributed by atoms with E-state index in [-0.39, 0.29) is 18.1 Å². The smallest absolute Gasteiger partial charge is 0.278 e. The number of benzene rings is 2. The molecule has 2 aromatic carbocycles. The lowest BCUT2D eigenvalue weighted by Crippen LogP contribution is -2.44. The molecule has 0 amide bonds. The second-order valence-corrected chi connectivity index (χ2v) is 8.87. The number of hydrogen-bond donors (Lipinski definition) is 1. The topological polar surface area (TPSA) is 117 Å². The minimum absolute atomic E-state index is 0.00517. The fraction of sp³-hybridized carbons (Fsp3) is 0.259. The van der Waals surface area contributed by atoms with Crippen molar-refractivity contribution < 1.29 is 0 Å². The van der Waals surface area contributed by atoms with E-state index in [0.717, 1.165) is 30.5 Å². The van der Waals surface area contributed by atoms with Gasteiger partial charge in [0.1, 0.15) is 28.5 Å². The van der Waals surface area contributed by atoms with E-state index in [2.05, 4.69) is 22.0 Å². The molecule has 5 rings (SSSR count). The number of rotatable bonds is 5. The molecule has 0 spiro atoms. The van der Waals surface area contributed by atoms with Crippen molar-refractivity contribution in [2.75, 3.05) is 18.0 Å². The highest BCUT2D eigenvalue weighted by molar-refractivity contribution is 5.89. The van der Waals surface area contributed by atoms with E-state index in [1.165, 1.54) is 10.9 Å².